The van der Waals surface area contributed by atoms with Crippen molar-refractivity contribution >= 4 is 29.3 Å². The van der Waals surface area contributed by atoms with Crippen LogP contribution in [-0.4, -0.2) is 47.6 Å². The minimum Gasteiger partial charge on any atom is -0.366 e. The van der Waals surface area contributed by atoms with Gasteiger partial charge >= 0.3 is 6.03 Å². The summed E-state index contributed by atoms with van der Waals surface area (Å²) >= 11 is 0. The molecule has 1 saturated carbocycles. The maximum Gasteiger partial charge on any atom is 0.329 e. The van der Waals surface area contributed by atoms with Crippen LogP contribution in [0.1, 0.15) is 35.3 Å². The van der Waals surface area contributed by atoms with Gasteiger partial charge in [-0.05, 0) is 55.9 Å². The van der Waals surface area contributed by atoms with Crippen LogP contribution in [0.5, 0.6) is 0 Å². The highest BCUT2D eigenvalue weighted by Gasteiger charge is 2.40. The van der Waals surface area contributed by atoms with Gasteiger partial charge < -0.3 is 10.2 Å². The zero-order valence-electron chi connectivity index (χ0n) is 16.4. The SMILES string of the molecule is Cc1ccc(NC(=O)N2c3nc(C(=O)NCC4CC4)ccc3N3CCC2C3)nc1. The Balaban J connectivity index is 1.42. The van der Waals surface area contributed by atoms with E-state index in [1.165, 1.54) is 12.8 Å². The third-order valence-electron chi connectivity index (χ3n) is 5.80. The van der Waals surface area contributed by atoms with E-state index in [1.54, 1.807) is 23.2 Å². The summed E-state index contributed by atoms with van der Waals surface area (Å²) in [5.74, 6) is 1.46. The van der Waals surface area contributed by atoms with Gasteiger partial charge in [-0.1, -0.05) is 6.07 Å². The molecule has 1 unspecified atom stereocenters. The van der Waals surface area contributed by atoms with E-state index >= 15 is 0 Å². The van der Waals surface area contributed by atoms with E-state index in [1.807, 2.05) is 19.1 Å². The van der Waals surface area contributed by atoms with E-state index in [-0.39, 0.29) is 18.0 Å². The molecule has 2 N–H and O–H groups in total. The predicted octanol–water partition coefficient (Wildman–Crippen LogP) is 2.56. The van der Waals surface area contributed by atoms with E-state index in [0.717, 1.165) is 30.8 Å². The molecule has 2 aromatic heterocycles. The number of hydrogen-bond acceptors (Lipinski definition) is 5. The molecule has 1 saturated heterocycles. The number of aryl methyl sites for hydroxylation is 1. The van der Waals surface area contributed by atoms with Crippen molar-refractivity contribution in [3.8, 4) is 0 Å². The molecule has 1 atom stereocenters. The first-order valence-electron chi connectivity index (χ1n) is 10.2. The number of rotatable bonds is 4. The summed E-state index contributed by atoms with van der Waals surface area (Å²) in [5, 5.41) is 5.83. The number of amides is 3. The maximum absolute atomic E-state index is 13.1. The van der Waals surface area contributed by atoms with Gasteiger partial charge in [-0.25, -0.2) is 14.8 Å². The van der Waals surface area contributed by atoms with Crippen LogP contribution in [0.15, 0.2) is 30.5 Å². The largest absolute Gasteiger partial charge is 0.366 e. The second-order valence-corrected chi connectivity index (χ2v) is 8.10. The fourth-order valence-electron chi connectivity index (χ4n) is 3.96. The molecule has 0 radical (unpaired) electrons. The molecule has 8 nitrogen and oxygen atoms in total. The van der Waals surface area contributed by atoms with Crippen molar-refractivity contribution in [2.75, 3.05) is 34.8 Å². The number of fused-ring (bicyclic) bond motifs is 4. The Kier molecular flexibility index (Phi) is 4.34. The van der Waals surface area contributed by atoms with Crippen LogP contribution in [0.25, 0.3) is 0 Å². The maximum atomic E-state index is 13.1. The molecular formula is C21H24N6O2. The molecule has 2 aromatic rings. The lowest BCUT2D eigenvalue weighted by atomic mass is 10.1. The molecule has 150 valence electrons. The van der Waals surface area contributed by atoms with Crippen LogP contribution in [-0.2, 0) is 0 Å². The van der Waals surface area contributed by atoms with Crippen LogP contribution in [0.3, 0.4) is 0 Å². The van der Waals surface area contributed by atoms with Gasteiger partial charge in [0.25, 0.3) is 5.91 Å². The number of anilines is 3. The summed E-state index contributed by atoms with van der Waals surface area (Å²) < 4.78 is 0. The van der Waals surface area contributed by atoms with Gasteiger partial charge in [0.05, 0.1) is 11.7 Å². The van der Waals surface area contributed by atoms with Crippen molar-refractivity contribution in [2.45, 2.75) is 32.2 Å². The standard InChI is InChI=1S/C21H24N6O2/c1-13-2-7-18(22-10-13)25-21(29)27-15-8-9-26(12-15)17-6-5-16(24-19(17)27)20(28)23-11-14-3-4-14/h2,5-7,10,14-15H,3-4,8-9,11-12H2,1H3,(H,23,28)(H,22,25,29). The second kappa shape index (κ2) is 7.02. The van der Waals surface area contributed by atoms with Gasteiger partial charge in [0.15, 0.2) is 5.82 Å². The summed E-state index contributed by atoms with van der Waals surface area (Å²) in [6.07, 6.45) is 4.94. The Bertz CT molecular complexity index is 956. The summed E-state index contributed by atoms with van der Waals surface area (Å²) in [7, 11) is 0. The van der Waals surface area contributed by atoms with Crippen molar-refractivity contribution in [1.29, 1.82) is 0 Å². The van der Waals surface area contributed by atoms with Crippen LogP contribution in [0.2, 0.25) is 0 Å². The van der Waals surface area contributed by atoms with Gasteiger partial charge in [0.2, 0.25) is 0 Å². The molecular weight excluding hydrogens is 368 g/mol. The molecule has 4 heterocycles. The average Bonchev–Trinajstić information content (AvgIpc) is 3.47. The van der Waals surface area contributed by atoms with E-state index in [9.17, 15) is 9.59 Å². The number of aromatic nitrogens is 2. The molecule has 8 heteroatoms. The number of pyridine rings is 2. The van der Waals surface area contributed by atoms with Crippen LogP contribution >= 0.6 is 0 Å². The normalized spacial score (nSPS) is 19.7. The third kappa shape index (κ3) is 3.50. The van der Waals surface area contributed by atoms with Gasteiger partial charge in [0, 0.05) is 25.8 Å². The Morgan fingerprint density at radius 1 is 1.17 bits per heavy atom. The highest BCUT2D eigenvalue weighted by molar-refractivity contribution is 6.05. The minimum absolute atomic E-state index is 0.0326. The van der Waals surface area contributed by atoms with Crippen LogP contribution < -0.4 is 20.4 Å². The Hall–Kier alpha value is -3.16. The lowest BCUT2D eigenvalue weighted by molar-refractivity contribution is 0.0947. The summed E-state index contributed by atoms with van der Waals surface area (Å²) in [5.41, 5.74) is 2.27. The number of hydrogen-bond donors (Lipinski definition) is 2. The molecule has 5 rings (SSSR count). The summed E-state index contributed by atoms with van der Waals surface area (Å²) in [6.45, 7) is 4.29. The molecule has 1 aliphatic carbocycles. The van der Waals surface area contributed by atoms with Crippen LogP contribution in [0.4, 0.5) is 22.1 Å². The fourth-order valence-corrected chi connectivity index (χ4v) is 3.96. The number of nitrogens with zero attached hydrogens (tertiary/aromatic N) is 4. The van der Waals surface area contributed by atoms with E-state index in [2.05, 4.69) is 25.5 Å². The molecule has 2 aliphatic heterocycles. The first-order valence-corrected chi connectivity index (χ1v) is 10.2. The number of nitrogens with one attached hydrogen (secondary N) is 2. The van der Waals surface area contributed by atoms with Crippen LogP contribution in [0, 0.1) is 12.8 Å². The van der Waals surface area contributed by atoms with E-state index < -0.39 is 0 Å². The van der Waals surface area contributed by atoms with Crippen molar-refractivity contribution < 1.29 is 9.59 Å². The molecule has 3 aliphatic rings. The summed E-state index contributed by atoms with van der Waals surface area (Å²) in [4.78, 5) is 38.4. The van der Waals surface area contributed by atoms with E-state index in [0.29, 0.717) is 29.8 Å². The molecule has 2 fully saturated rings. The Morgan fingerprint density at radius 2 is 2.03 bits per heavy atom. The monoisotopic (exact) mass is 392 g/mol. The first kappa shape index (κ1) is 17.9. The van der Waals surface area contributed by atoms with Gasteiger partial charge in [-0.3, -0.25) is 15.0 Å². The van der Waals surface area contributed by atoms with Crippen molar-refractivity contribution in [3.05, 3.63) is 41.7 Å². The van der Waals surface area contributed by atoms with Gasteiger partial charge in [-0.15, -0.1) is 0 Å². The van der Waals surface area contributed by atoms with Crippen molar-refractivity contribution in [3.63, 3.8) is 0 Å². The first-order chi connectivity index (χ1) is 14.1. The lowest BCUT2D eigenvalue weighted by Crippen LogP contribution is -2.48. The molecule has 0 aromatic carbocycles. The highest BCUT2D eigenvalue weighted by Crippen LogP contribution is 2.39. The zero-order valence-corrected chi connectivity index (χ0v) is 16.4. The molecule has 0 spiro atoms. The predicted molar refractivity (Wildman–Crippen MR) is 110 cm³/mol. The van der Waals surface area contributed by atoms with Gasteiger partial charge in [-0.2, -0.15) is 0 Å². The Morgan fingerprint density at radius 3 is 2.79 bits per heavy atom. The highest BCUT2D eigenvalue weighted by atomic mass is 16.2. The minimum atomic E-state index is -0.266. The molecule has 3 amide bonds. The summed E-state index contributed by atoms with van der Waals surface area (Å²) in [6, 6.07) is 7.11. The number of carbonyl (C=O) groups excluding carboxylic acids is 2. The molecule has 2 bridgehead atoms. The zero-order chi connectivity index (χ0) is 20.0. The second-order valence-electron chi connectivity index (χ2n) is 8.10. The topological polar surface area (TPSA) is 90.5 Å². The third-order valence-corrected chi connectivity index (χ3v) is 5.80. The van der Waals surface area contributed by atoms with Crippen molar-refractivity contribution in [1.82, 2.24) is 15.3 Å². The number of carbonyl (C=O) groups is 2. The fraction of sp³-hybridized carbons (Fsp3) is 0.429. The molecule has 29 heavy (non-hydrogen) atoms. The lowest BCUT2D eigenvalue weighted by Gasteiger charge is -2.35. The Labute approximate surface area is 169 Å². The number of urea groups is 1. The van der Waals surface area contributed by atoms with Gasteiger partial charge in [0.1, 0.15) is 11.5 Å². The smallest absolute Gasteiger partial charge is 0.329 e. The quantitative estimate of drug-likeness (QED) is 0.835. The van der Waals surface area contributed by atoms with Crippen molar-refractivity contribution in [2.24, 2.45) is 5.92 Å². The average molecular weight is 392 g/mol. The van der Waals surface area contributed by atoms with E-state index in [4.69, 9.17) is 0 Å².